The van der Waals surface area contributed by atoms with Gasteiger partial charge in [0.05, 0.1) is 0 Å². The molecule has 0 saturated carbocycles. The number of esters is 3. The monoisotopic (exact) mass is 491 g/mol. The Bertz CT molecular complexity index is 801. The van der Waals surface area contributed by atoms with Crippen molar-refractivity contribution < 1.29 is 33.4 Å². The first kappa shape index (κ1) is 30.1. The molecule has 1 N–H and O–H groups in total. The molecule has 1 aromatic rings. The molecule has 0 aromatic heterocycles. The summed E-state index contributed by atoms with van der Waals surface area (Å²) in [4.78, 5) is 47.0. The van der Waals surface area contributed by atoms with Gasteiger partial charge >= 0.3 is 17.9 Å². The molecule has 1 unspecified atom stereocenters. The van der Waals surface area contributed by atoms with E-state index in [0.717, 1.165) is 18.4 Å². The van der Waals surface area contributed by atoms with Crippen molar-refractivity contribution in [3.8, 4) is 0 Å². The molecule has 0 radical (unpaired) electrons. The normalized spacial score (nSPS) is 11.9. The molecule has 1 amide bonds. The van der Waals surface area contributed by atoms with E-state index in [2.05, 4.69) is 12.2 Å². The van der Waals surface area contributed by atoms with Crippen LogP contribution >= 0.6 is 0 Å². The fraction of sp³-hybridized carbons (Fsp3) is 0.630. The summed E-state index contributed by atoms with van der Waals surface area (Å²) < 4.78 is 16.0. The van der Waals surface area contributed by atoms with E-state index in [1.807, 2.05) is 24.3 Å². The summed E-state index contributed by atoms with van der Waals surface area (Å²) >= 11 is 0. The number of unbranched alkanes of at least 4 members (excludes halogenated alkanes) is 5. The Morgan fingerprint density at radius 3 is 1.83 bits per heavy atom. The third-order valence-electron chi connectivity index (χ3n) is 5.60. The first-order chi connectivity index (χ1) is 16.6. The van der Waals surface area contributed by atoms with Gasteiger partial charge in [-0.05, 0) is 24.0 Å². The zero-order valence-corrected chi connectivity index (χ0v) is 21.8. The second kappa shape index (κ2) is 15.9. The summed E-state index contributed by atoms with van der Waals surface area (Å²) in [5.41, 5.74) is 0.645. The lowest BCUT2D eigenvalue weighted by atomic mass is 9.89. The van der Waals surface area contributed by atoms with E-state index < -0.39 is 35.5 Å². The predicted molar refractivity (Wildman–Crippen MR) is 132 cm³/mol. The Labute approximate surface area is 209 Å². The van der Waals surface area contributed by atoms with Gasteiger partial charge in [-0.15, -0.1) is 0 Å². The Morgan fingerprint density at radius 1 is 0.800 bits per heavy atom. The molecular weight excluding hydrogens is 450 g/mol. The molecule has 0 spiro atoms. The topological polar surface area (TPSA) is 108 Å². The highest BCUT2D eigenvalue weighted by Crippen LogP contribution is 2.30. The van der Waals surface area contributed by atoms with Gasteiger partial charge in [0, 0.05) is 34.1 Å². The quantitative estimate of drug-likeness (QED) is 0.205. The van der Waals surface area contributed by atoms with Gasteiger partial charge in [-0.25, -0.2) is 0 Å². The van der Waals surface area contributed by atoms with E-state index >= 15 is 0 Å². The number of ether oxygens (including phenoxy) is 3. The Balaban J connectivity index is 3.06. The first-order valence-electron chi connectivity index (χ1n) is 12.4. The van der Waals surface area contributed by atoms with Crippen LogP contribution in [0.1, 0.15) is 96.8 Å². The average molecular weight is 492 g/mol. The van der Waals surface area contributed by atoms with Gasteiger partial charge in [-0.2, -0.15) is 0 Å². The molecule has 0 aliphatic carbocycles. The van der Waals surface area contributed by atoms with Crippen molar-refractivity contribution in [3.05, 3.63) is 35.4 Å². The molecule has 0 bridgehead atoms. The highest BCUT2D eigenvalue weighted by molar-refractivity contribution is 5.74. The van der Waals surface area contributed by atoms with Crippen molar-refractivity contribution in [3.63, 3.8) is 0 Å². The number of rotatable bonds is 16. The van der Waals surface area contributed by atoms with Crippen LogP contribution in [0.15, 0.2) is 24.3 Å². The summed E-state index contributed by atoms with van der Waals surface area (Å²) in [6, 6.07) is 7.82. The molecule has 8 nitrogen and oxygen atoms in total. The van der Waals surface area contributed by atoms with Crippen LogP contribution in [0.25, 0.3) is 0 Å². The van der Waals surface area contributed by atoms with E-state index in [4.69, 9.17) is 14.2 Å². The predicted octanol–water partition coefficient (Wildman–Crippen LogP) is 4.59. The molecule has 196 valence electrons. The molecule has 8 heteroatoms. The number of hydrogen-bond donors (Lipinski definition) is 1. The fourth-order valence-electron chi connectivity index (χ4n) is 3.93. The first-order valence-corrected chi connectivity index (χ1v) is 12.4. The summed E-state index contributed by atoms with van der Waals surface area (Å²) in [6.45, 7) is 6.82. The Hall–Kier alpha value is -2.90. The van der Waals surface area contributed by atoms with Crippen molar-refractivity contribution in [2.45, 2.75) is 97.6 Å². The number of aryl methyl sites for hydroxylation is 1. The molecule has 0 aliphatic rings. The van der Waals surface area contributed by atoms with Crippen molar-refractivity contribution in [1.29, 1.82) is 0 Å². The lowest BCUT2D eigenvalue weighted by Gasteiger charge is -2.36. The maximum absolute atomic E-state index is 12.0. The van der Waals surface area contributed by atoms with E-state index in [-0.39, 0.29) is 19.6 Å². The smallest absolute Gasteiger partial charge is 0.303 e. The Kier molecular flexibility index (Phi) is 13.7. The zero-order valence-electron chi connectivity index (χ0n) is 21.8. The molecule has 0 heterocycles. The van der Waals surface area contributed by atoms with Gasteiger partial charge in [-0.1, -0.05) is 63.3 Å². The minimum absolute atomic E-state index is 0.0451. The minimum atomic E-state index is -1.28. The van der Waals surface area contributed by atoms with Gasteiger partial charge in [-0.3, -0.25) is 19.2 Å². The van der Waals surface area contributed by atoms with Crippen LogP contribution in [0.3, 0.4) is 0 Å². The molecule has 0 aliphatic heterocycles. The van der Waals surface area contributed by atoms with E-state index in [0.29, 0.717) is 0 Å². The van der Waals surface area contributed by atoms with Crippen LogP contribution in [-0.4, -0.2) is 42.6 Å². The van der Waals surface area contributed by atoms with Gasteiger partial charge in [0.25, 0.3) is 0 Å². The van der Waals surface area contributed by atoms with Crippen molar-refractivity contribution in [2.24, 2.45) is 0 Å². The third-order valence-corrected chi connectivity index (χ3v) is 5.60. The lowest BCUT2D eigenvalue weighted by molar-refractivity contribution is -0.156. The van der Waals surface area contributed by atoms with E-state index in [1.54, 1.807) is 0 Å². The molecule has 0 fully saturated rings. The number of amides is 1. The second-order valence-electron chi connectivity index (χ2n) is 9.08. The number of hydrogen-bond acceptors (Lipinski definition) is 7. The Morgan fingerprint density at radius 2 is 1.34 bits per heavy atom. The van der Waals surface area contributed by atoms with E-state index in [9.17, 15) is 19.2 Å². The summed E-state index contributed by atoms with van der Waals surface area (Å²) in [6.07, 6.45) is 7.61. The van der Waals surface area contributed by atoms with Gasteiger partial charge in [0.1, 0.15) is 24.9 Å². The summed E-state index contributed by atoms with van der Waals surface area (Å²) in [5.74, 6) is -2.00. The SMILES string of the molecule is CCCCCCCCc1ccc(C(CC(COC(C)=O)(COC(C)=O)NC(C)=O)OC(C)=O)cc1. The lowest BCUT2D eigenvalue weighted by Crippen LogP contribution is -2.56. The molecular formula is C27H41NO7. The van der Waals surface area contributed by atoms with Crippen LogP contribution in [0.2, 0.25) is 0 Å². The fourth-order valence-corrected chi connectivity index (χ4v) is 3.93. The van der Waals surface area contributed by atoms with Crippen LogP contribution in [0.4, 0.5) is 0 Å². The number of benzene rings is 1. The molecule has 0 saturated heterocycles. The van der Waals surface area contributed by atoms with Gasteiger partial charge < -0.3 is 19.5 Å². The summed E-state index contributed by atoms with van der Waals surface area (Å²) in [7, 11) is 0. The highest BCUT2D eigenvalue weighted by Gasteiger charge is 2.38. The zero-order chi connectivity index (χ0) is 26.3. The van der Waals surface area contributed by atoms with E-state index in [1.165, 1.54) is 65.4 Å². The van der Waals surface area contributed by atoms with Crippen LogP contribution in [-0.2, 0) is 39.8 Å². The highest BCUT2D eigenvalue weighted by atomic mass is 16.6. The maximum Gasteiger partial charge on any atom is 0.303 e. The van der Waals surface area contributed by atoms with Crippen LogP contribution < -0.4 is 5.32 Å². The van der Waals surface area contributed by atoms with Gasteiger partial charge in [0.2, 0.25) is 5.91 Å². The number of carbonyl (C=O) groups is 4. The minimum Gasteiger partial charge on any atom is -0.463 e. The van der Waals surface area contributed by atoms with Gasteiger partial charge in [0.15, 0.2) is 0 Å². The van der Waals surface area contributed by atoms with Crippen molar-refractivity contribution in [2.75, 3.05) is 13.2 Å². The average Bonchev–Trinajstić information content (AvgIpc) is 2.78. The molecule has 35 heavy (non-hydrogen) atoms. The van der Waals surface area contributed by atoms with Crippen molar-refractivity contribution in [1.82, 2.24) is 5.32 Å². The van der Waals surface area contributed by atoms with Crippen molar-refractivity contribution >= 4 is 23.8 Å². The van der Waals surface area contributed by atoms with Crippen LogP contribution in [0, 0.1) is 0 Å². The standard InChI is InChI=1S/C27H41NO7/c1-6-7-8-9-10-11-12-24-13-15-25(16-14-24)26(35-23(5)32)17-27(28-20(2)29,18-33-21(3)30)19-34-22(4)31/h13-16,26H,6-12,17-19H2,1-5H3,(H,28,29). The third kappa shape index (κ3) is 12.9. The van der Waals surface area contributed by atoms with Crippen LogP contribution in [0.5, 0.6) is 0 Å². The largest absolute Gasteiger partial charge is 0.463 e. The molecule has 1 rings (SSSR count). The maximum atomic E-state index is 12.0. The molecule has 1 aromatic carbocycles. The second-order valence-corrected chi connectivity index (χ2v) is 9.08. The summed E-state index contributed by atoms with van der Waals surface area (Å²) in [5, 5.41) is 2.75. The number of nitrogens with one attached hydrogen (secondary N) is 1. The molecule has 1 atom stereocenters. The number of carbonyl (C=O) groups excluding carboxylic acids is 4.